The number of carbonyl (C=O) groups is 2. The minimum Gasteiger partial charge on any atom is -0.315 e. The van der Waals surface area contributed by atoms with Crippen LogP contribution in [0.5, 0.6) is 0 Å². The van der Waals surface area contributed by atoms with Gasteiger partial charge in [-0.15, -0.1) is 0 Å². The molecule has 0 saturated carbocycles. The molecule has 1 fully saturated rings. The Morgan fingerprint density at radius 1 is 1.37 bits per heavy atom. The van der Waals surface area contributed by atoms with E-state index >= 15 is 0 Å². The van der Waals surface area contributed by atoms with Crippen LogP contribution in [-0.2, 0) is 4.79 Å². The van der Waals surface area contributed by atoms with Gasteiger partial charge in [0.25, 0.3) is 5.91 Å². The average molecular weight is 260 g/mol. The van der Waals surface area contributed by atoms with Crippen molar-refractivity contribution in [2.45, 2.75) is 32.7 Å². The van der Waals surface area contributed by atoms with E-state index in [-0.39, 0.29) is 17.9 Å². The lowest BCUT2D eigenvalue weighted by atomic mass is 10.0. The molecule has 2 rings (SSSR count). The summed E-state index contributed by atoms with van der Waals surface area (Å²) in [4.78, 5) is 25.7. The largest absolute Gasteiger partial charge is 0.315 e. The third-order valence-electron chi connectivity index (χ3n) is 3.46. The molecule has 1 N–H and O–H groups in total. The molecule has 0 aromatic heterocycles. The number of nitrogens with one attached hydrogen (secondary N) is 1. The van der Waals surface area contributed by atoms with Gasteiger partial charge in [-0.2, -0.15) is 0 Å². The first kappa shape index (κ1) is 13.7. The van der Waals surface area contributed by atoms with Crippen molar-refractivity contribution in [3.05, 3.63) is 35.4 Å². The van der Waals surface area contributed by atoms with E-state index in [9.17, 15) is 9.59 Å². The smallest absolute Gasteiger partial charge is 0.260 e. The van der Waals surface area contributed by atoms with E-state index in [0.29, 0.717) is 12.1 Å². The summed E-state index contributed by atoms with van der Waals surface area (Å²) in [5, 5.41) is 3.24. The Labute approximate surface area is 113 Å². The van der Waals surface area contributed by atoms with E-state index in [1.54, 1.807) is 6.07 Å². The van der Waals surface area contributed by atoms with E-state index in [0.717, 1.165) is 24.9 Å². The number of hydrogen-bond acceptors (Lipinski definition) is 3. The molecular formula is C15H20N2O2. The van der Waals surface area contributed by atoms with E-state index in [4.69, 9.17) is 0 Å². The first-order valence-electron chi connectivity index (χ1n) is 6.71. The minimum atomic E-state index is -0.190. The monoisotopic (exact) mass is 260 g/mol. The molecular weight excluding hydrogens is 240 g/mol. The highest BCUT2D eigenvalue weighted by molar-refractivity contribution is 6.04. The summed E-state index contributed by atoms with van der Waals surface area (Å²) in [7, 11) is 0. The normalized spacial score (nSPS) is 18.9. The topological polar surface area (TPSA) is 49.4 Å². The van der Waals surface area contributed by atoms with Gasteiger partial charge in [0, 0.05) is 19.0 Å². The summed E-state index contributed by atoms with van der Waals surface area (Å²) >= 11 is 0. The third kappa shape index (κ3) is 3.20. The lowest BCUT2D eigenvalue weighted by Crippen LogP contribution is -2.50. The zero-order valence-corrected chi connectivity index (χ0v) is 11.5. The van der Waals surface area contributed by atoms with Crippen LogP contribution in [0.3, 0.4) is 0 Å². The van der Waals surface area contributed by atoms with Crippen LogP contribution in [0.15, 0.2) is 24.3 Å². The number of aryl methyl sites for hydroxylation is 1. The fourth-order valence-electron chi connectivity index (χ4n) is 2.54. The van der Waals surface area contributed by atoms with Crippen LogP contribution in [0.25, 0.3) is 0 Å². The minimum absolute atomic E-state index is 0.0285. The first-order chi connectivity index (χ1) is 9.09. The summed E-state index contributed by atoms with van der Waals surface area (Å²) in [6, 6.07) is 7.35. The Morgan fingerprint density at radius 3 is 2.74 bits per heavy atom. The number of hydrogen-bond donors (Lipinski definition) is 1. The molecule has 2 amide bonds. The Hall–Kier alpha value is -1.68. The number of benzene rings is 1. The van der Waals surface area contributed by atoms with Crippen molar-refractivity contribution in [2.75, 3.05) is 13.1 Å². The van der Waals surface area contributed by atoms with Crippen LogP contribution in [-0.4, -0.2) is 35.8 Å². The van der Waals surface area contributed by atoms with Gasteiger partial charge in [0.05, 0.1) is 6.04 Å². The van der Waals surface area contributed by atoms with Gasteiger partial charge in [0.15, 0.2) is 0 Å². The van der Waals surface area contributed by atoms with Crippen LogP contribution in [0.2, 0.25) is 0 Å². The Kier molecular flexibility index (Phi) is 4.32. The molecule has 1 saturated heterocycles. The van der Waals surface area contributed by atoms with Gasteiger partial charge < -0.3 is 5.32 Å². The Morgan fingerprint density at radius 2 is 2.16 bits per heavy atom. The van der Waals surface area contributed by atoms with Crippen molar-refractivity contribution >= 4 is 11.8 Å². The predicted molar refractivity (Wildman–Crippen MR) is 73.9 cm³/mol. The highest BCUT2D eigenvalue weighted by atomic mass is 16.2. The molecule has 4 heteroatoms. The molecule has 0 spiro atoms. The molecule has 4 nitrogen and oxygen atoms in total. The first-order valence-corrected chi connectivity index (χ1v) is 6.71. The maximum absolute atomic E-state index is 12.5. The van der Waals surface area contributed by atoms with Crippen LogP contribution >= 0.6 is 0 Å². The lowest BCUT2D eigenvalue weighted by Gasteiger charge is -2.32. The fourth-order valence-corrected chi connectivity index (χ4v) is 2.54. The van der Waals surface area contributed by atoms with Crippen molar-refractivity contribution < 1.29 is 9.59 Å². The molecule has 0 radical (unpaired) electrons. The van der Waals surface area contributed by atoms with Crippen molar-refractivity contribution in [1.29, 1.82) is 0 Å². The molecule has 1 aliphatic heterocycles. The summed E-state index contributed by atoms with van der Waals surface area (Å²) in [6.07, 6.45) is 1.87. The molecule has 0 aliphatic carbocycles. The van der Waals surface area contributed by atoms with Gasteiger partial charge in [-0.05, 0) is 38.4 Å². The van der Waals surface area contributed by atoms with Gasteiger partial charge in [-0.3, -0.25) is 14.5 Å². The van der Waals surface area contributed by atoms with E-state index < -0.39 is 0 Å². The highest BCUT2D eigenvalue weighted by Gasteiger charge is 2.29. The number of amides is 2. The molecule has 1 unspecified atom stereocenters. The van der Waals surface area contributed by atoms with Crippen molar-refractivity contribution in [2.24, 2.45) is 0 Å². The van der Waals surface area contributed by atoms with Gasteiger partial charge in [0.1, 0.15) is 0 Å². The Bertz CT molecular complexity index is 479. The summed E-state index contributed by atoms with van der Waals surface area (Å²) < 4.78 is 0. The predicted octanol–water partition coefficient (Wildman–Crippen LogP) is 1.74. The summed E-state index contributed by atoms with van der Waals surface area (Å²) in [6.45, 7) is 5.05. The third-order valence-corrected chi connectivity index (χ3v) is 3.46. The lowest BCUT2D eigenvalue weighted by molar-refractivity contribution is -0.128. The standard InChI is InChI=1S/C15H20N2O2/c1-11-5-3-6-13(9-11)15(19)17(12(2)18)14-7-4-8-16-10-14/h3,5-6,9,14,16H,4,7-8,10H2,1-2H3. The number of imide groups is 1. The van der Waals surface area contributed by atoms with Crippen molar-refractivity contribution in [3.8, 4) is 0 Å². The molecule has 1 heterocycles. The zero-order valence-electron chi connectivity index (χ0n) is 11.5. The molecule has 0 bridgehead atoms. The highest BCUT2D eigenvalue weighted by Crippen LogP contribution is 2.15. The maximum atomic E-state index is 12.5. The fraction of sp³-hybridized carbons (Fsp3) is 0.467. The SMILES string of the molecule is CC(=O)N(C(=O)c1cccc(C)c1)C1CCCNC1. The second-order valence-corrected chi connectivity index (χ2v) is 5.06. The second-order valence-electron chi connectivity index (χ2n) is 5.06. The maximum Gasteiger partial charge on any atom is 0.260 e. The van der Waals surface area contributed by atoms with Crippen LogP contribution in [0.1, 0.15) is 35.7 Å². The molecule has 1 atom stereocenters. The number of piperidine rings is 1. The van der Waals surface area contributed by atoms with E-state index in [1.165, 1.54) is 11.8 Å². The summed E-state index contributed by atoms with van der Waals surface area (Å²) in [5.74, 6) is -0.370. The molecule has 1 aromatic carbocycles. The molecule has 19 heavy (non-hydrogen) atoms. The summed E-state index contributed by atoms with van der Waals surface area (Å²) in [5.41, 5.74) is 1.61. The zero-order chi connectivity index (χ0) is 13.8. The van der Waals surface area contributed by atoms with Crippen molar-refractivity contribution in [1.82, 2.24) is 10.2 Å². The van der Waals surface area contributed by atoms with Crippen molar-refractivity contribution in [3.63, 3.8) is 0 Å². The quantitative estimate of drug-likeness (QED) is 0.881. The molecule has 1 aromatic rings. The molecule has 102 valence electrons. The Balaban J connectivity index is 2.23. The molecule has 1 aliphatic rings. The number of carbonyl (C=O) groups excluding carboxylic acids is 2. The van der Waals surface area contributed by atoms with Crippen LogP contribution < -0.4 is 5.32 Å². The van der Waals surface area contributed by atoms with Gasteiger partial charge in [-0.25, -0.2) is 0 Å². The number of rotatable bonds is 2. The average Bonchev–Trinajstić information content (AvgIpc) is 2.39. The van der Waals surface area contributed by atoms with E-state index in [1.807, 2.05) is 25.1 Å². The van der Waals surface area contributed by atoms with Gasteiger partial charge >= 0.3 is 0 Å². The van der Waals surface area contributed by atoms with Crippen LogP contribution in [0.4, 0.5) is 0 Å². The van der Waals surface area contributed by atoms with E-state index in [2.05, 4.69) is 5.32 Å². The van der Waals surface area contributed by atoms with Crippen LogP contribution in [0, 0.1) is 6.92 Å². The second kappa shape index (κ2) is 5.97. The number of nitrogens with zero attached hydrogens (tertiary/aromatic N) is 1. The van der Waals surface area contributed by atoms with Gasteiger partial charge in [0.2, 0.25) is 5.91 Å². The van der Waals surface area contributed by atoms with Gasteiger partial charge in [-0.1, -0.05) is 17.7 Å².